The van der Waals surface area contributed by atoms with Crippen molar-refractivity contribution in [3.8, 4) is 0 Å². The number of likely N-dealkylation sites (tertiary alicyclic amines) is 1. The number of hydrogen-bond donors (Lipinski definition) is 2. The number of carboxylic acid groups (broad SMARTS) is 1. The summed E-state index contributed by atoms with van der Waals surface area (Å²) in [6.07, 6.45) is 10.4. The quantitative estimate of drug-likeness (QED) is 0.400. The molecule has 6 aliphatic rings. The van der Waals surface area contributed by atoms with Gasteiger partial charge in [0.25, 0.3) is 5.56 Å². The maximum Gasteiger partial charge on any atom is 0.308 e. The molecule has 2 saturated carbocycles. The van der Waals surface area contributed by atoms with Crippen LogP contribution in [0.1, 0.15) is 81.8 Å². The fraction of sp³-hybridized carbons (Fsp3) is 0.853. The van der Waals surface area contributed by atoms with E-state index in [1.165, 1.54) is 0 Å². The van der Waals surface area contributed by atoms with Crippen LogP contribution in [-0.4, -0.2) is 99.0 Å². The number of ether oxygens (including phenoxy) is 2. The molecule has 1 aromatic rings. The van der Waals surface area contributed by atoms with E-state index in [1.807, 2.05) is 30.4 Å². The van der Waals surface area contributed by atoms with Crippen molar-refractivity contribution in [3.05, 3.63) is 27.4 Å². The number of halogens is 1. The highest BCUT2D eigenvalue weighted by Gasteiger charge is 2.54. The van der Waals surface area contributed by atoms with Crippen molar-refractivity contribution in [1.82, 2.24) is 19.8 Å². The molecule has 1 aromatic heterocycles. The number of aromatic nitrogens is 2. The number of aliphatic carboxylic acids is 1. The summed E-state index contributed by atoms with van der Waals surface area (Å²) < 4.78 is 14.2. The summed E-state index contributed by atoms with van der Waals surface area (Å²) in [4.78, 5) is 33.8. The Kier molecular flexibility index (Phi) is 9.38. The summed E-state index contributed by atoms with van der Waals surface area (Å²) in [6.45, 7) is 7.20. The Morgan fingerprint density at radius 2 is 1.96 bits per heavy atom. The van der Waals surface area contributed by atoms with Crippen LogP contribution in [0, 0.1) is 24.7 Å². The van der Waals surface area contributed by atoms with Gasteiger partial charge >= 0.3 is 5.97 Å². The Hall–Kier alpha value is -1.17. The summed E-state index contributed by atoms with van der Waals surface area (Å²) in [7, 11) is 1.81. The number of nitrogens with one attached hydrogen (secondary N) is 1. The first-order valence-electron chi connectivity index (χ1n) is 17.4. The lowest BCUT2D eigenvalue weighted by atomic mass is 9.70. The van der Waals surface area contributed by atoms with Crippen molar-refractivity contribution >= 4 is 29.3 Å². The fourth-order valence-electron chi connectivity index (χ4n) is 9.68. The number of nitrogens with zero attached hydrogens (tertiary/aromatic N) is 3. The molecule has 250 valence electrons. The Morgan fingerprint density at radius 3 is 2.67 bits per heavy atom. The molecule has 0 radical (unpaired) electrons. The first-order valence-corrected chi connectivity index (χ1v) is 18.9. The summed E-state index contributed by atoms with van der Waals surface area (Å²) >= 11 is 8.59. The smallest absolute Gasteiger partial charge is 0.308 e. The molecule has 1 spiro atoms. The van der Waals surface area contributed by atoms with Gasteiger partial charge in [-0.2, -0.15) is 11.8 Å². The molecule has 45 heavy (non-hydrogen) atoms. The van der Waals surface area contributed by atoms with Crippen molar-refractivity contribution in [3.63, 3.8) is 0 Å². The van der Waals surface area contributed by atoms with Crippen molar-refractivity contribution < 1.29 is 19.4 Å². The number of thioether (sulfide) groups is 1. The van der Waals surface area contributed by atoms with E-state index in [4.69, 9.17) is 26.1 Å². The Balaban J connectivity index is 1.05. The lowest BCUT2D eigenvalue weighted by Gasteiger charge is -2.47. The van der Waals surface area contributed by atoms with Gasteiger partial charge < -0.3 is 19.9 Å². The van der Waals surface area contributed by atoms with Crippen molar-refractivity contribution in [2.75, 3.05) is 32.6 Å². The zero-order chi connectivity index (χ0) is 31.5. The lowest BCUT2D eigenvalue weighted by molar-refractivity contribution is -0.142. The number of carboxylic acids is 1. The van der Waals surface area contributed by atoms with E-state index >= 15 is 0 Å². The van der Waals surface area contributed by atoms with E-state index in [0.29, 0.717) is 37.0 Å². The van der Waals surface area contributed by atoms with Crippen LogP contribution in [0.3, 0.4) is 0 Å². The standard InChI is InChI=1S/C34H51ClN4O5S/c1-19-14-25(30-29(36-19)27(18-45-30)33(41)42)24-15-21(35)4-5-28(24)44-13-12-39-20(2)37-31-26(32(39)40)16-22(17-34(31)8-9-34)38-10-6-23(43-3)7-11-38/h19,21-25,27-30,36H,4-18H2,1-3H3,(H,41,42). The monoisotopic (exact) mass is 662 g/mol. The molecule has 9 unspecified atom stereocenters. The second-order valence-electron chi connectivity index (χ2n) is 15.0. The second-order valence-corrected chi connectivity index (χ2v) is 16.8. The van der Waals surface area contributed by atoms with Crippen LogP contribution in [0.25, 0.3) is 0 Å². The number of carbonyl (C=O) groups is 1. The molecule has 9 atom stereocenters. The molecule has 0 aromatic carbocycles. The first-order chi connectivity index (χ1) is 21.7. The molecule has 3 aliphatic carbocycles. The fourth-order valence-corrected chi connectivity index (χ4v) is 11.8. The lowest BCUT2D eigenvalue weighted by Crippen LogP contribution is -2.57. The molecule has 11 heteroatoms. The van der Waals surface area contributed by atoms with Gasteiger partial charge in [-0.05, 0) is 89.9 Å². The minimum absolute atomic E-state index is 0.00896. The number of fused-ring (bicyclic) bond motifs is 3. The molecular weight excluding hydrogens is 612 g/mol. The molecule has 9 nitrogen and oxygen atoms in total. The van der Waals surface area contributed by atoms with E-state index < -0.39 is 5.97 Å². The summed E-state index contributed by atoms with van der Waals surface area (Å²) in [6, 6.07) is 0.655. The van der Waals surface area contributed by atoms with Crippen LogP contribution < -0.4 is 10.9 Å². The van der Waals surface area contributed by atoms with Gasteiger partial charge in [0.05, 0.1) is 37.0 Å². The third kappa shape index (κ3) is 6.26. The van der Waals surface area contributed by atoms with E-state index in [-0.39, 0.29) is 51.6 Å². The van der Waals surface area contributed by atoms with Crippen LogP contribution in [0.15, 0.2) is 4.79 Å². The minimum Gasteiger partial charge on any atom is -0.481 e. The zero-order valence-corrected chi connectivity index (χ0v) is 28.7. The average molecular weight is 663 g/mol. The van der Waals surface area contributed by atoms with Gasteiger partial charge in [-0.3, -0.25) is 19.1 Å². The topological polar surface area (TPSA) is 106 Å². The summed E-state index contributed by atoms with van der Waals surface area (Å²) in [5.41, 5.74) is 2.23. The predicted molar refractivity (Wildman–Crippen MR) is 176 cm³/mol. The van der Waals surface area contributed by atoms with Crippen LogP contribution in [0.4, 0.5) is 0 Å². The molecule has 0 bridgehead atoms. The Bertz CT molecular complexity index is 1320. The van der Waals surface area contributed by atoms with Gasteiger partial charge in [-0.25, -0.2) is 4.98 Å². The number of aryl methyl sites for hydroxylation is 1. The van der Waals surface area contributed by atoms with Crippen LogP contribution in [-0.2, 0) is 32.6 Å². The maximum absolute atomic E-state index is 14.1. The Labute approximate surface area is 276 Å². The number of methoxy groups -OCH3 is 1. The average Bonchev–Trinajstić information content (AvgIpc) is 3.66. The third-order valence-corrected chi connectivity index (χ3v) is 14.2. The SMILES string of the molecule is COC1CCN(C2Cc3c(nc(C)n(CCOC4CCC(Cl)CC4C4CC(C)NC5C(C(=O)O)CSC45)c3=O)C3(CC3)C2)CC1. The number of hydrogen-bond acceptors (Lipinski definition) is 8. The second kappa shape index (κ2) is 13.0. The third-order valence-electron chi connectivity index (χ3n) is 12.3. The largest absolute Gasteiger partial charge is 0.481 e. The van der Waals surface area contributed by atoms with E-state index in [1.54, 1.807) is 0 Å². The molecule has 7 rings (SSSR count). The summed E-state index contributed by atoms with van der Waals surface area (Å²) in [5, 5.41) is 13.9. The van der Waals surface area contributed by atoms with Crippen molar-refractivity contribution in [2.45, 2.75) is 131 Å². The molecule has 2 N–H and O–H groups in total. The highest BCUT2D eigenvalue weighted by molar-refractivity contribution is 8.00. The van der Waals surface area contributed by atoms with E-state index in [9.17, 15) is 14.7 Å². The van der Waals surface area contributed by atoms with Gasteiger partial charge in [0, 0.05) is 65.7 Å². The molecule has 4 heterocycles. The van der Waals surface area contributed by atoms with E-state index in [2.05, 4.69) is 17.1 Å². The highest BCUT2D eigenvalue weighted by Crippen LogP contribution is 2.55. The van der Waals surface area contributed by atoms with Gasteiger partial charge in [0.2, 0.25) is 0 Å². The number of alkyl halides is 1. The first kappa shape index (κ1) is 32.4. The maximum atomic E-state index is 14.1. The van der Waals surface area contributed by atoms with E-state index in [0.717, 1.165) is 94.4 Å². The van der Waals surface area contributed by atoms with Gasteiger partial charge in [0.15, 0.2) is 0 Å². The zero-order valence-electron chi connectivity index (χ0n) is 27.1. The van der Waals surface area contributed by atoms with Crippen LogP contribution >= 0.6 is 23.4 Å². The Morgan fingerprint density at radius 1 is 1.18 bits per heavy atom. The molecule has 0 amide bonds. The van der Waals surface area contributed by atoms with Crippen molar-refractivity contribution in [1.29, 1.82) is 0 Å². The minimum atomic E-state index is -0.698. The molecule has 5 fully saturated rings. The number of piperidine rings is 2. The number of rotatable bonds is 8. The van der Waals surface area contributed by atoms with Gasteiger partial charge in [-0.15, -0.1) is 11.6 Å². The highest BCUT2D eigenvalue weighted by atomic mass is 35.5. The molecular formula is C34H51ClN4O5S. The predicted octanol–water partition coefficient (Wildman–Crippen LogP) is 3.98. The van der Waals surface area contributed by atoms with Gasteiger partial charge in [0.1, 0.15) is 5.82 Å². The summed E-state index contributed by atoms with van der Waals surface area (Å²) in [5.74, 6) is 1.06. The van der Waals surface area contributed by atoms with Gasteiger partial charge in [-0.1, -0.05) is 0 Å². The van der Waals surface area contributed by atoms with Crippen LogP contribution in [0.5, 0.6) is 0 Å². The molecule has 3 aliphatic heterocycles. The normalized spacial score (nSPS) is 38.2. The van der Waals surface area contributed by atoms with Crippen LogP contribution in [0.2, 0.25) is 0 Å². The molecule has 3 saturated heterocycles. The van der Waals surface area contributed by atoms with Crippen molar-refractivity contribution in [2.24, 2.45) is 17.8 Å².